The number of nitriles is 1. The predicted molar refractivity (Wildman–Crippen MR) is 138 cm³/mol. The number of amides is 1. The number of anilines is 1. The van der Waals surface area contributed by atoms with Crippen LogP contribution in [0.25, 0.3) is 10.9 Å². The van der Waals surface area contributed by atoms with Crippen LogP contribution in [0.4, 0.5) is 5.82 Å². The molecule has 0 saturated carbocycles. The Hall–Kier alpha value is -3.43. The van der Waals surface area contributed by atoms with Gasteiger partial charge < -0.3 is 19.5 Å². The highest BCUT2D eigenvalue weighted by Gasteiger charge is 2.34. The zero-order valence-electron chi connectivity index (χ0n) is 20.8. The number of carbonyl (C=O) groups is 1. The van der Waals surface area contributed by atoms with Crippen molar-refractivity contribution in [2.75, 3.05) is 37.8 Å². The normalized spacial score (nSPS) is 15.9. The van der Waals surface area contributed by atoms with Crippen LogP contribution in [0.15, 0.2) is 30.3 Å². The summed E-state index contributed by atoms with van der Waals surface area (Å²) in [5.74, 6) is 1.79. The number of methoxy groups -OCH3 is 1. The molecule has 182 valence electrons. The number of hydrogen-bond donors (Lipinski definition) is 1. The van der Waals surface area contributed by atoms with Crippen LogP contribution in [0.1, 0.15) is 42.4 Å². The monoisotopic (exact) mass is 491 g/mol. The third kappa shape index (κ3) is 4.74. The van der Waals surface area contributed by atoms with Crippen molar-refractivity contribution in [3.63, 3.8) is 0 Å². The molecule has 3 aromatic rings. The quantitative estimate of drug-likeness (QED) is 0.534. The van der Waals surface area contributed by atoms with Crippen LogP contribution in [0.2, 0.25) is 0 Å². The van der Waals surface area contributed by atoms with E-state index in [2.05, 4.69) is 21.4 Å². The third-order valence-corrected chi connectivity index (χ3v) is 9.84. The van der Waals surface area contributed by atoms with E-state index in [0.29, 0.717) is 59.2 Å². The topological polar surface area (TPSA) is 108 Å². The van der Waals surface area contributed by atoms with Crippen molar-refractivity contribution in [2.24, 2.45) is 0 Å². The molecule has 1 amide bonds. The van der Waals surface area contributed by atoms with Gasteiger partial charge in [-0.1, -0.05) is 12.1 Å². The Bertz CT molecular complexity index is 1390. The highest BCUT2D eigenvalue weighted by molar-refractivity contribution is 7.72. The van der Waals surface area contributed by atoms with Crippen LogP contribution < -0.4 is 15.4 Å². The Morgan fingerprint density at radius 3 is 2.57 bits per heavy atom. The molecule has 9 heteroatoms. The van der Waals surface area contributed by atoms with E-state index in [1.165, 1.54) is 0 Å². The first kappa shape index (κ1) is 24.7. The van der Waals surface area contributed by atoms with E-state index in [1.807, 2.05) is 51.1 Å². The average Bonchev–Trinajstić information content (AvgIpc) is 2.83. The fourth-order valence-electron chi connectivity index (χ4n) is 4.72. The van der Waals surface area contributed by atoms with Gasteiger partial charge in [-0.25, -0.2) is 9.97 Å². The van der Waals surface area contributed by atoms with Gasteiger partial charge in [0.1, 0.15) is 24.5 Å². The molecule has 0 spiro atoms. The predicted octanol–water partition coefficient (Wildman–Crippen LogP) is 4.15. The van der Waals surface area contributed by atoms with Crippen molar-refractivity contribution >= 4 is 35.1 Å². The van der Waals surface area contributed by atoms with E-state index in [-0.39, 0.29) is 11.9 Å². The number of ether oxygens (including phenoxy) is 1. The highest BCUT2D eigenvalue weighted by Crippen LogP contribution is 2.49. The van der Waals surface area contributed by atoms with E-state index in [9.17, 15) is 14.6 Å². The van der Waals surface area contributed by atoms with Crippen molar-refractivity contribution in [1.29, 1.82) is 5.26 Å². The van der Waals surface area contributed by atoms with Gasteiger partial charge in [0.2, 0.25) is 5.91 Å². The van der Waals surface area contributed by atoms with Gasteiger partial charge in [0.25, 0.3) is 0 Å². The second-order valence-electron chi connectivity index (χ2n) is 9.00. The number of rotatable bonds is 5. The molecule has 2 aromatic carbocycles. The third-order valence-electron chi connectivity index (χ3n) is 6.77. The number of nitrogens with zero attached hydrogens (tertiary/aromatic N) is 4. The molecule has 0 radical (unpaired) electrons. The van der Waals surface area contributed by atoms with Gasteiger partial charge >= 0.3 is 0 Å². The fourth-order valence-corrected chi connectivity index (χ4v) is 7.48. The minimum atomic E-state index is -2.78. The molecule has 8 nitrogen and oxygen atoms in total. The van der Waals surface area contributed by atoms with Crippen LogP contribution in [0, 0.1) is 25.2 Å². The number of aromatic nitrogens is 2. The Labute approximate surface area is 205 Å². The summed E-state index contributed by atoms with van der Waals surface area (Å²) in [5.41, 5.74) is 3.27. The molecule has 1 aliphatic rings. The van der Waals surface area contributed by atoms with Crippen LogP contribution in [0.3, 0.4) is 0 Å². The second-order valence-corrected chi connectivity index (χ2v) is 12.2. The Balaban J connectivity index is 1.78. The first-order chi connectivity index (χ1) is 16.7. The van der Waals surface area contributed by atoms with Crippen molar-refractivity contribution < 1.29 is 14.1 Å². The van der Waals surface area contributed by atoms with Crippen molar-refractivity contribution in [3.05, 3.63) is 52.8 Å². The van der Waals surface area contributed by atoms with Crippen molar-refractivity contribution in [2.45, 2.75) is 33.7 Å². The van der Waals surface area contributed by atoms with Gasteiger partial charge in [0.05, 0.1) is 35.6 Å². The number of nitrogens with one attached hydrogen (secondary N) is 1. The number of hydrogen-bond acceptors (Lipinski definition) is 7. The van der Waals surface area contributed by atoms with E-state index in [1.54, 1.807) is 18.9 Å². The van der Waals surface area contributed by atoms with Crippen LogP contribution >= 0.6 is 7.14 Å². The second kappa shape index (κ2) is 9.67. The summed E-state index contributed by atoms with van der Waals surface area (Å²) in [6.45, 7) is 8.27. The standard InChI is InChI=1S/C26H30N5O3P/c1-16-20(15-27)7-6-8-21(16)17(2)28-26-22-13-25(24(34-5)14-23(22)29-18(3)30-26)35(33)11-9-31(10-12-35)19(4)32/h6-8,13-14,17H,9-12H2,1-5H3,(H,28,29,30)/t17-/m1/s1. The van der Waals surface area contributed by atoms with Gasteiger partial charge in [0, 0.05) is 43.8 Å². The number of aryl methyl sites for hydroxylation is 1. The van der Waals surface area contributed by atoms with Gasteiger partial charge in [-0.15, -0.1) is 0 Å². The molecule has 1 N–H and O–H groups in total. The lowest BCUT2D eigenvalue weighted by atomic mass is 9.98. The van der Waals surface area contributed by atoms with Crippen molar-refractivity contribution in [1.82, 2.24) is 14.9 Å². The zero-order valence-corrected chi connectivity index (χ0v) is 21.6. The summed E-state index contributed by atoms with van der Waals surface area (Å²) >= 11 is 0. The van der Waals surface area contributed by atoms with Gasteiger partial charge in [-0.3, -0.25) is 4.79 Å². The fraction of sp³-hybridized carbons (Fsp3) is 0.385. The lowest BCUT2D eigenvalue weighted by molar-refractivity contribution is -0.128. The number of carbonyl (C=O) groups excluding carboxylic acids is 1. The largest absolute Gasteiger partial charge is 0.496 e. The van der Waals surface area contributed by atoms with E-state index in [0.717, 1.165) is 16.5 Å². The molecule has 0 unspecified atom stereocenters. The lowest BCUT2D eigenvalue weighted by Gasteiger charge is -2.32. The zero-order chi connectivity index (χ0) is 25.3. The Kier molecular flexibility index (Phi) is 6.82. The summed E-state index contributed by atoms with van der Waals surface area (Å²) in [4.78, 5) is 22.8. The van der Waals surface area contributed by atoms with E-state index < -0.39 is 7.14 Å². The summed E-state index contributed by atoms with van der Waals surface area (Å²) in [6, 6.07) is 11.5. The van der Waals surface area contributed by atoms with E-state index >= 15 is 0 Å². The van der Waals surface area contributed by atoms with Gasteiger partial charge in [-0.2, -0.15) is 5.26 Å². The van der Waals surface area contributed by atoms with Crippen LogP contribution in [0.5, 0.6) is 5.75 Å². The first-order valence-corrected chi connectivity index (χ1v) is 13.7. The van der Waals surface area contributed by atoms with Crippen molar-refractivity contribution in [3.8, 4) is 11.8 Å². The molecular weight excluding hydrogens is 461 g/mol. The molecule has 1 fully saturated rings. The lowest BCUT2D eigenvalue weighted by Crippen LogP contribution is -2.40. The highest BCUT2D eigenvalue weighted by atomic mass is 31.2. The molecular formula is C26H30N5O3P. The van der Waals surface area contributed by atoms with E-state index in [4.69, 9.17) is 4.74 Å². The molecule has 4 rings (SSSR count). The maximum atomic E-state index is 14.1. The SMILES string of the molecule is COc1cc2nc(C)nc(N[C@H](C)c3cccc(C#N)c3C)c2cc1P1(=O)CCN(C(C)=O)CC1. The number of benzene rings is 2. The van der Waals surface area contributed by atoms with Crippen LogP contribution in [-0.4, -0.2) is 53.3 Å². The summed E-state index contributed by atoms with van der Waals surface area (Å²) in [6.07, 6.45) is 0.834. The molecule has 35 heavy (non-hydrogen) atoms. The maximum absolute atomic E-state index is 14.1. The smallest absolute Gasteiger partial charge is 0.219 e. The maximum Gasteiger partial charge on any atom is 0.219 e. The molecule has 1 atom stereocenters. The summed E-state index contributed by atoms with van der Waals surface area (Å²) < 4.78 is 19.7. The number of fused-ring (bicyclic) bond motifs is 1. The Morgan fingerprint density at radius 2 is 1.94 bits per heavy atom. The van der Waals surface area contributed by atoms with Crippen LogP contribution in [-0.2, 0) is 9.36 Å². The molecule has 2 heterocycles. The minimum absolute atomic E-state index is 0.00170. The summed E-state index contributed by atoms with van der Waals surface area (Å²) in [5, 5.41) is 14.3. The minimum Gasteiger partial charge on any atom is -0.496 e. The molecule has 1 aromatic heterocycles. The first-order valence-electron chi connectivity index (χ1n) is 11.6. The van der Waals surface area contributed by atoms with Gasteiger partial charge in [-0.05, 0) is 44.0 Å². The molecule has 0 bridgehead atoms. The van der Waals surface area contributed by atoms with Gasteiger partial charge in [0.15, 0.2) is 0 Å². The molecule has 0 aliphatic carbocycles. The molecule has 1 aliphatic heterocycles. The molecule has 1 saturated heterocycles. The summed E-state index contributed by atoms with van der Waals surface area (Å²) in [7, 11) is -1.21. The Morgan fingerprint density at radius 1 is 1.23 bits per heavy atom. The average molecular weight is 492 g/mol.